The Bertz CT molecular complexity index is 1290. The number of carbonyl (C=O) groups is 2. The van der Waals surface area contributed by atoms with Crippen molar-refractivity contribution in [3.05, 3.63) is 93.0 Å². The summed E-state index contributed by atoms with van der Waals surface area (Å²) >= 11 is 6.53. The van der Waals surface area contributed by atoms with E-state index in [-0.39, 0.29) is 17.2 Å². The first-order valence-corrected chi connectivity index (χ1v) is 12.4. The van der Waals surface area contributed by atoms with Crippen molar-refractivity contribution in [2.24, 2.45) is 0 Å². The number of nitro benzene ring substituents is 1. The molecule has 1 heterocycles. The second-order valence-electron chi connectivity index (χ2n) is 8.58. The van der Waals surface area contributed by atoms with Gasteiger partial charge in [-0.05, 0) is 55.0 Å². The molecule has 3 aromatic carbocycles. The highest BCUT2D eigenvalue weighted by Gasteiger charge is 2.24. The van der Waals surface area contributed by atoms with E-state index in [4.69, 9.17) is 16.3 Å². The maximum absolute atomic E-state index is 12.9. The topological polar surface area (TPSA) is 105 Å². The molecule has 9 nitrogen and oxygen atoms in total. The number of nitrogens with zero attached hydrogens (tertiary/aromatic N) is 3. The monoisotopic (exact) mass is 522 g/mol. The highest BCUT2D eigenvalue weighted by atomic mass is 35.5. The Labute approximate surface area is 219 Å². The fourth-order valence-corrected chi connectivity index (χ4v) is 4.35. The molecule has 3 aromatic rings. The maximum atomic E-state index is 12.9. The van der Waals surface area contributed by atoms with Crippen molar-refractivity contribution in [2.45, 2.75) is 13.3 Å². The van der Waals surface area contributed by atoms with E-state index in [1.165, 1.54) is 24.3 Å². The van der Waals surface area contributed by atoms with Gasteiger partial charge < -0.3 is 19.9 Å². The fraction of sp³-hybridized carbons (Fsp3) is 0.259. The molecule has 10 heteroatoms. The highest BCUT2D eigenvalue weighted by molar-refractivity contribution is 6.33. The van der Waals surface area contributed by atoms with Crippen LogP contribution >= 0.6 is 11.6 Å². The number of rotatable bonds is 8. The van der Waals surface area contributed by atoms with Gasteiger partial charge >= 0.3 is 0 Å². The summed E-state index contributed by atoms with van der Waals surface area (Å²) in [5.74, 6) is 0.263. The van der Waals surface area contributed by atoms with Crippen molar-refractivity contribution in [2.75, 3.05) is 43.0 Å². The second kappa shape index (κ2) is 11.7. The molecule has 0 radical (unpaired) electrons. The molecule has 1 fully saturated rings. The van der Waals surface area contributed by atoms with Crippen LogP contribution in [0.4, 0.5) is 17.1 Å². The van der Waals surface area contributed by atoms with Gasteiger partial charge in [0.1, 0.15) is 5.75 Å². The van der Waals surface area contributed by atoms with Crippen LogP contribution in [-0.2, 0) is 0 Å². The summed E-state index contributed by atoms with van der Waals surface area (Å²) in [4.78, 5) is 39.8. The highest BCUT2D eigenvalue weighted by Crippen LogP contribution is 2.30. The van der Waals surface area contributed by atoms with Gasteiger partial charge in [-0.25, -0.2) is 0 Å². The lowest BCUT2D eigenvalue weighted by Gasteiger charge is -2.36. The van der Waals surface area contributed by atoms with E-state index in [0.717, 1.165) is 17.9 Å². The minimum Gasteiger partial charge on any atom is -0.494 e. The number of non-ortho nitro benzene ring substituents is 1. The van der Waals surface area contributed by atoms with E-state index >= 15 is 0 Å². The Morgan fingerprint density at radius 1 is 1.00 bits per heavy atom. The molecular formula is C27H27ClN4O5. The number of hydrogen-bond donors (Lipinski definition) is 1. The van der Waals surface area contributed by atoms with Crippen molar-refractivity contribution in [1.82, 2.24) is 4.90 Å². The number of nitrogens with one attached hydrogen (secondary N) is 1. The van der Waals surface area contributed by atoms with Crippen molar-refractivity contribution < 1.29 is 19.2 Å². The molecule has 1 saturated heterocycles. The molecule has 4 rings (SSSR count). The fourth-order valence-electron chi connectivity index (χ4n) is 4.05. The number of hydrogen-bond acceptors (Lipinski definition) is 6. The number of ether oxygens (including phenoxy) is 1. The van der Waals surface area contributed by atoms with Gasteiger partial charge in [0, 0.05) is 55.1 Å². The van der Waals surface area contributed by atoms with E-state index in [0.29, 0.717) is 49.1 Å². The maximum Gasteiger partial charge on any atom is 0.270 e. The predicted molar refractivity (Wildman–Crippen MR) is 143 cm³/mol. The van der Waals surface area contributed by atoms with Gasteiger partial charge in [-0.15, -0.1) is 0 Å². The van der Waals surface area contributed by atoms with E-state index in [1.807, 2.05) is 30.0 Å². The van der Waals surface area contributed by atoms with Crippen LogP contribution in [0.25, 0.3) is 0 Å². The quantitative estimate of drug-likeness (QED) is 0.320. The van der Waals surface area contributed by atoms with Crippen LogP contribution in [0, 0.1) is 10.1 Å². The molecule has 0 atom stereocenters. The van der Waals surface area contributed by atoms with Crippen molar-refractivity contribution >= 4 is 40.5 Å². The lowest BCUT2D eigenvalue weighted by molar-refractivity contribution is -0.384. The van der Waals surface area contributed by atoms with Crippen LogP contribution in [-0.4, -0.2) is 54.4 Å². The van der Waals surface area contributed by atoms with Gasteiger partial charge in [0.2, 0.25) is 0 Å². The Kier molecular flexibility index (Phi) is 8.25. The third kappa shape index (κ3) is 6.37. The predicted octanol–water partition coefficient (Wildman–Crippen LogP) is 5.25. The third-order valence-electron chi connectivity index (χ3n) is 6.01. The van der Waals surface area contributed by atoms with Gasteiger partial charge in [0.05, 0.1) is 22.2 Å². The summed E-state index contributed by atoms with van der Waals surface area (Å²) in [7, 11) is 0. The van der Waals surface area contributed by atoms with Crippen LogP contribution < -0.4 is 15.0 Å². The van der Waals surface area contributed by atoms with Crippen LogP contribution in [0.3, 0.4) is 0 Å². The van der Waals surface area contributed by atoms with E-state index in [2.05, 4.69) is 10.2 Å². The minimum atomic E-state index is -0.547. The molecule has 2 amide bonds. The molecule has 0 unspecified atom stereocenters. The molecule has 37 heavy (non-hydrogen) atoms. The normalized spacial score (nSPS) is 13.2. The first-order valence-electron chi connectivity index (χ1n) is 12.0. The largest absolute Gasteiger partial charge is 0.494 e. The molecule has 1 aliphatic rings. The Morgan fingerprint density at radius 2 is 1.73 bits per heavy atom. The summed E-state index contributed by atoms with van der Waals surface area (Å²) in [6.45, 7) is 5.01. The minimum absolute atomic E-state index is 0.0213. The lowest BCUT2D eigenvalue weighted by Crippen LogP contribution is -2.48. The molecular weight excluding hydrogens is 496 g/mol. The Hall–Kier alpha value is -4.11. The molecule has 0 bridgehead atoms. The van der Waals surface area contributed by atoms with Crippen LogP contribution in [0.2, 0.25) is 5.02 Å². The lowest BCUT2D eigenvalue weighted by atomic mass is 10.1. The van der Waals surface area contributed by atoms with Crippen LogP contribution in [0.15, 0.2) is 66.7 Å². The van der Waals surface area contributed by atoms with Crippen LogP contribution in [0.1, 0.15) is 34.1 Å². The molecule has 0 aromatic heterocycles. The third-order valence-corrected chi connectivity index (χ3v) is 6.31. The summed E-state index contributed by atoms with van der Waals surface area (Å²) in [5, 5.41) is 14.1. The van der Waals surface area contributed by atoms with E-state index < -0.39 is 10.8 Å². The zero-order valence-corrected chi connectivity index (χ0v) is 21.1. The molecule has 0 saturated carbocycles. The van der Waals surface area contributed by atoms with Gasteiger partial charge in [-0.1, -0.05) is 24.6 Å². The number of nitro groups is 1. The molecule has 1 aliphatic heterocycles. The SMILES string of the molecule is CCCOc1ccc(C(=O)N2CCN(c3ccc(NC(=O)c4cccc([N+](=O)[O-])c4)cc3Cl)CC2)cc1. The van der Waals surface area contributed by atoms with Crippen LogP contribution in [0.5, 0.6) is 5.75 Å². The second-order valence-corrected chi connectivity index (χ2v) is 8.99. The van der Waals surface area contributed by atoms with Crippen molar-refractivity contribution in [1.29, 1.82) is 0 Å². The van der Waals surface area contributed by atoms with Gasteiger partial charge in [0.25, 0.3) is 17.5 Å². The number of halogens is 1. The molecule has 0 aliphatic carbocycles. The number of carbonyl (C=O) groups excluding carboxylic acids is 2. The average molecular weight is 523 g/mol. The number of amides is 2. The summed E-state index contributed by atoms with van der Waals surface area (Å²) < 4.78 is 5.58. The van der Waals surface area contributed by atoms with Gasteiger partial charge in [-0.2, -0.15) is 0 Å². The van der Waals surface area contributed by atoms with E-state index in [1.54, 1.807) is 24.3 Å². The smallest absolute Gasteiger partial charge is 0.270 e. The first kappa shape index (κ1) is 26.0. The number of anilines is 2. The van der Waals surface area contributed by atoms with Gasteiger partial charge in [-0.3, -0.25) is 19.7 Å². The average Bonchev–Trinajstić information content (AvgIpc) is 2.92. The summed E-state index contributed by atoms with van der Waals surface area (Å²) in [6.07, 6.45) is 0.923. The zero-order chi connectivity index (χ0) is 26.4. The standard InChI is InChI=1S/C27H27ClN4O5/c1-2-16-37-23-9-6-19(7-10-23)27(34)31-14-12-30(13-15-31)25-11-8-21(18-24(25)28)29-26(33)20-4-3-5-22(17-20)32(35)36/h3-11,17-18H,2,12-16H2,1H3,(H,29,33). The Morgan fingerprint density at radius 3 is 2.38 bits per heavy atom. The summed E-state index contributed by atoms with van der Waals surface area (Å²) in [6, 6.07) is 17.9. The Balaban J connectivity index is 1.34. The van der Waals surface area contributed by atoms with Crippen molar-refractivity contribution in [3.8, 4) is 5.75 Å². The number of benzene rings is 3. The summed E-state index contributed by atoms with van der Waals surface area (Å²) in [5.41, 5.74) is 1.93. The number of piperazine rings is 1. The van der Waals surface area contributed by atoms with Gasteiger partial charge in [0.15, 0.2) is 0 Å². The van der Waals surface area contributed by atoms with E-state index in [9.17, 15) is 19.7 Å². The molecule has 1 N–H and O–H groups in total. The zero-order valence-electron chi connectivity index (χ0n) is 20.4. The van der Waals surface area contributed by atoms with Crippen molar-refractivity contribution in [3.63, 3.8) is 0 Å². The molecule has 0 spiro atoms. The molecule has 192 valence electrons. The first-order chi connectivity index (χ1) is 17.9.